The summed E-state index contributed by atoms with van der Waals surface area (Å²) >= 11 is 0. The van der Waals surface area contributed by atoms with Crippen LogP contribution in [0.2, 0.25) is 0 Å². The Kier molecular flexibility index (Phi) is 12.2. The molecule has 0 N–H and O–H groups in total. The molecular formula is C20H37. The highest BCUT2D eigenvalue weighted by molar-refractivity contribution is 5.04. The second-order valence-corrected chi connectivity index (χ2v) is 6.58. The average Bonchev–Trinajstić information content (AvgIpc) is 3.27. The number of allylic oxidation sites excluding steroid dienone is 2. The van der Waals surface area contributed by atoms with E-state index in [1.165, 1.54) is 103 Å². The Morgan fingerprint density at radius 1 is 0.650 bits per heavy atom. The molecule has 1 fully saturated rings. The molecule has 0 aromatic rings. The van der Waals surface area contributed by atoms with Crippen LogP contribution in [0.5, 0.6) is 0 Å². The Bertz CT molecular complexity index is 212. The zero-order chi connectivity index (χ0) is 14.3. The van der Waals surface area contributed by atoms with Crippen molar-refractivity contribution in [1.82, 2.24) is 0 Å². The largest absolute Gasteiger partial charge is 0.0885 e. The summed E-state index contributed by atoms with van der Waals surface area (Å²) in [5.74, 6) is 1.84. The first-order valence-electron chi connectivity index (χ1n) is 9.42. The maximum absolute atomic E-state index is 2.42. The van der Waals surface area contributed by atoms with Crippen LogP contribution in [0.1, 0.15) is 110 Å². The van der Waals surface area contributed by atoms with Gasteiger partial charge in [-0.3, -0.25) is 0 Å². The van der Waals surface area contributed by atoms with Crippen LogP contribution in [-0.4, -0.2) is 0 Å². The first kappa shape index (κ1) is 17.8. The van der Waals surface area contributed by atoms with Crippen molar-refractivity contribution in [3.05, 3.63) is 18.1 Å². The second-order valence-electron chi connectivity index (χ2n) is 6.58. The normalized spacial score (nSPS) is 15.2. The highest BCUT2D eigenvalue weighted by atomic mass is 14.3. The average molecular weight is 278 g/mol. The van der Waals surface area contributed by atoms with E-state index in [0.29, 0.717) is 0 Å². The molecule has 1 aliphatic rings. The molecule has 0 heteroatoms. The lowest BCUT2D eigenvalue weighted by molar-refractivity contribution is 0.607. The van der Waals surface area contributed by atoms with E-state index in [4.69, 9.17) is 0 Å². The van der Waals surface area contributed by atoms with E-state index in [1.807, 2.05) is 5.92 Å². The molecule has 0 aliphatic heterocycles. The maximum atomic E-state index is 2.42. The Labute approximate surface area is 128 Å². The minimum absolute atomic E-state index is 1.31. The molecule has 0 bridgehead atoms. The predicted molar refractivity (Wildman–Crippen MR) is 91.9 cm³/mol. The summed E-state index contributed by atoms with van der Waals surface area (Å²) in [4.78, 5) is 0. The number of unbranched alkanes of at least 4 members (excludes halogenated alkanes) is 11. The third-order valence-corrected chi connectivity index (χ3v) is 4.40. The van der Waals surface area contributed by atoms with Crippen LogP contribution in [0, 0.1) is 5.92 Å². The van der Waals surface area contributed by atoms with Gasteiger partial charge in [0, 0.05) is 0 Å². The molecule has 0 nitrogen and oxygen atoms in total. The van der Waals surface area contributed by atoms with Crippen LogP contribution < -0.4 is 0 Å². The molecule has 1 aliphatic carbocycles. The van der Waals surface area contributed by atoms with Crippen molar-refractivity contribution in [1.29, 1.82) is 0 Å². The van der Waals surface area contributed by atoms with E-state index in [1.54, 1.807) is 0 Å². The predicted octanol–water partition coefficient (Wildman–Crippen LogP) is 7.39. The van der Waals surface area contributed by atoms with Crippen LogP contribution >= 0.6 is 0 Å². The summed E-state index contributed by atoms with van der Waals surface area (Å²) in [6.45, 7) is 2.29. The van der Waals surface area contributed by atoms with Gasteiger partial charge in [0.25, 0.3) is 0 Å². The summed E-state index contributed by atoms with van der Waals surface area (Å²) in [6.07, 6.45) is 27.5. The van der Waals surface area contributed by atoms with Gasteiger partial charge in [-0.15, -0.1) is 0 Å². The third-order valence-electron chi connectivity index (χ3n) is 4.40. The van der Waals surface area contributed by atoms with Gasteiger partial charge in [0.15, 0.2) is 0 Å². The van der Waals surface area contributed by atoms with Crippen molar-refractivity contribution in [2.75, 3.05) is 0 Å². The van der Waals surface area contributed by atoms with Crippen molar-refractivity contribution < 1.29 is 0 Å². The van der Waals surface area contributed by atoms with Gasteiger partial charge in [0.05, 0.1) is 0 Å². The van der Waals surface area contributed by atoms with Gasteiger partial charge in [-0.25, -0.2) is 0 Å². The Hall–Kier alpha value is -0.260. The fourth-order valence-electron chi connectivity index (χ4n) is 2.78. The van der Waals surface area contributed by atoms with Crippen molar-refractivity contribution >= 4 is 0 Å². The lowest BCUT2D eigenvalue weighted by Gasteiger charge is -1.99. The van der Waals surface area contributed by atoms with E-state index < -0.39 is 0 Å². The maximum Gasteiger partial charge on any atom is -0.0241 e. The topological polar surface area (TPSA) is 0 Å². The van der Waals surface area contributed by atoms with Crippen molar-refractivity contribution in [3.63, 3.8) is 0 Å². The van der Waals surface area contributed by atoms with Gasteiger partial charge < -0.3 is 0 Å². The molecule has 117 valence electrons. The van der Waals surface area contributed by atoms with Crippen LogP contribution in [0.3, 0.4) is 0 Å². The quantitative estimate of drug-likeness (QED) is 0.216. The zero-order valence-corrected chi connectivity index (χ0v) is 14.0. The Morgan fingerprint density at radius 3 is 1.70 bits per heavy atom. The molecule has 0 amide bonds. The van der Waals surface area contributed by atoms with Gasteiger partial charge >= 0.3 is 0 Å². The van der Waals surface area contributed by atoms with E-state index >= 15 is 0 Å². The molecule has 0 atom stereocenters. The van der Waals surface area contributed by atoms with Crippen molar-refractivity contribution in [3.8, 4) is 0 Å². The van der Waals surface area contributed by atoms with Crippen LogP contribution in [0.4, 0.5) is 0 Å². The minimum Gasteiger partial charge on any atom is -0.0885 e. The molecule has 1 saturated carbocycles. The van der Waals surface area contributed by atoms with Crippen molar-refractivity contribution in [2.24, 2.45) is 0 Å². The SMILES string of the molecule is CCCCCCCC/C=C\CCCCCCC[C]1CC1. The third kappa shape index (κ3) is 12.8. The molecule has 0 heterocycles. The molecule has 0 aromatic carbocycles. The smallest absolute Gasteiger partial charge is 0.0241 e. The molecule has 1 rings (SSSR count). The van der Waals surface area contributed by atoms with Gasteiger partial charge in [-0.2, -0.15) is 0 Å². The standard InChI is InChI=1S/C20H37/c1-2-3-4-5-6-7-8-9-10-11-12-13-14-15-16-17-20-18-19-20/h9-10H,2-8,11-19H2,1H3/b10-9-. The van der Waals surface area contributed by atoms with Gasteiger partial charge in [-0.1, -0.05) is 76.9 Å². The molecule has 20 heavy (non-hydrogen) atoms. The Balaban J connectivity index is 1.67. The summed E-state index contributed by atoms with van der Waals surface area (Å²) in [5, 5.41) is 0. The first-order valence-corrected chi connectivity index (χ1v) is 9.42. The fraction of sp³-hybridized carbons (Fsp3) is 0.850. The highest BCUT2D eigenvalue weighted by Gasteiger charge is 2.20. The molecule has 0 spiro atoms. The monoisotopic (exact) mass is 277 g/mol. The lowest BCUT2D eigenvalue weighted by atomic mass is 10.1. The van der Waals surface area contributed by atoms with Gasteiger partial charge in [-0.05, 0) is 50.9 Å². The first-order chi connectivity index (χ1) is 9.93. The lowest BCUT2D eigenvalue weighted by Crippen LogP contribution is -1.80. The highest BCUT2D eigenvalue weighted by Crippen LogP contribution is 2.36. The summed E-state index contributed by atoms with van der Waals surface area (Å²) < 4.78 is 0. The second kappa shape index (κ2) is 13.7. The van der Waals surface area contributed by atoms with Gasteiger partial charge in [0.1, 0.15) is 0 Å². The van der Waals surface area contributed by atoms with Crippen LogP contribution in [0.25, 0.3) is 0 Å². The van der Waals surface area contributed by atoms with Crippen LogP contribution in [-0.2, 0) is 0 Å². The minimum atomic E-state index is 1.31. The van der Waals surface area contributed by atoms with Gasteiger partial charge in [0.2, 0.25) is 0 Å². The molecule has 0 unspecified atom stereocenters. The number of hydrogen-bond acceptors (Lipinski definition) is 0. The van der Waals surface area contributed by atoms with Crippen molar-refractivity contribution in [2.45, 2.75) is 110 Å². The van der Waals surface area contributed by atoms with E-state index in [0.717, 1.165) is 0 Å². The van der Waals surface area contributed by atoms with Crippen LogP contribution in [0.15, 0.2) is 12.2 Å². The molecule has 0 saturated heterocycles. The number of hydrogen-bond donors (Lipinski definition) is 0. The number of rotatable bonds is 15. The Morgan fingerprint density at radius 2 is 1.15 bits per heavy atom. The fourth-order valence-corrected chi connectivity index (χ4v) is 2.78. The van der Waals surface area contributed by atoms with E-state index in [-0.39, 0.29) is 0 Å². The summed E-state index contributed by atoms with van der Waals surface area (Å²) in [5.41, 5.74) is 0. The molecule has 1 radical (unpaired) electrons. The molecular weight excluding hydrogens is 240 g/mol. The summed E-state index contributed by atoms with van der Waals surface area (Å²) in [7, 11) is 0. The van der Waals surface area contributed by atoms with E-state index in [2.05, 4.69) is 19.1 Å². The zero-order valence-electron chi connectivity index (χ0n) is 14.0. The summed E-state index contributed by atoms with van der Waals surface area (Å²) in [6, 6.07) is 0. The van der Waals surface area contributed by atoms with E-state index in [9.17, 15) is 0 Å². The molecule has 0 aromatic heterocycles.